The number of benzene rings is 1. The molecule has 3 amide bonds. The fourth-order valence-electron chi connectivity index (χ4n) is 2.65. The van der Waals surface area contributed by atoms with E-state index < -0.39 is 23.3 Å². The molecule has 1 atom stereocenters. The molecular formula is C21H23N3O6. The minimum Gasteiger partial charge on any atom is -0.450 e. The van der Waals surface area contributed by atoms with Crippen molar-refractivity contribution in [3.8, 4) is 11.8 Å². The molecule has 3 N–H and O–H groups in total. The number of hydroxylamine groups is 1. The number of nitrogens with zero attached hydrogens (tertiary/aromatic N) is 1. The van der Waals surface area contributed by atoms with Crippen LogP contribution in [0.15, 0.2) is 40.8 Å². The van der Waals surface area contributed by atoms with Crippen LogP contribution in [0.4, 0.5) is 0 Å². The highest BCUT2D eigenvalue weighted by atomic mass is 16.5. The summed E-state index contributed by atoms with van der Waals surface area (Å²) in [7, 11) is 4.20. The van der Waals surface area contributed by atoms with Gasteiger partial charge in [0.25, 0.3) is 17.7 Å². The third-order valence-electron chi connectivity index (χ3n) is 4.60. The Morgan fingerprint density at radius 1 is 1.13 bits per heavy atom. The zero-order chi connectivity index (χ0) is 22.3. The van der Waals surface area contributed by atoms with Gasteiger partial charge >= 0.3 is 0 Å². The maximum atomic E-state index is 12.8. The molecule has 2 rings (SSSR count). The van der Waals surface area contributed by atoms with Crippen molar-refractivity contribution in [3.05, 3.63) is 59.0 Å². The fraction of sp³-hybridized carbons (Fsp3) is 0.286. The zero-order valence-corrected chi connectivity index (χ0v) is 17.1. The first-order chi connectivity index (χ1) is 14.3. The van der Waals surface area contributed by atoms with Crippen LogP contribution < -0.4 is 10.8 Å². The zero-order valence-electron chi connectivity index (χ0n) is 17.1. The largest absolute Gasteiger partial charge is 0.450 e. The summed E-state index contributed by atoms with van der Waals surface area (Å²) >= 11 is 0. The summed E-state index contributed by atoms with van der Waals surface area (Å²) in [6, 6.07) is 9.84. The van der Waals surface area contributed by atoms with E-state index >= 15 is 0 Å². The summed E-state index contributed by atoms with van der Waals surface area (Å²) in [5.74, 6) is 4.58. The summed E-state index contributed by atoms with van der Waals surface area (Å²) in [5.41, 5.74) is 0.364. The Kier molecular flexibility index (Phi) is 7.36. The van der Waals surface area contributed by atoms with Gasteiger partial charge in [-0.25, -0.2) is 5.48 Å². The lowest BCUT2D eigenvalue weighted by Crippen LogP contribution is -2.64. The van der Waals surface area contributed by atoms with Gasteiger partial charge in [-0.05, 0) is 49.2 Å². The topological polar surface area (TPSA) is 121 Å². The first-order valence-electron chi connectivity index (χ1n) is 8.92. The monoisotopic (exact) mass is 413 g/mol. The van der Waals surface area contributed by atoms with E-state index in [0.717, 1.165) is 4.90 Å². The normalized spacial score (nSPS) is 12.2. The lowest BCUT2D eigenvalue weighted by molar-refractivity contribution is -0.148. The van der Waals surface area contributed by atoms with Crippen LogP contribution >= 0.6 is 0 Å². The van der Waals surface area contributed by atoms with Crippen LogP contribution in [0.25, 0.3) is 0 Å². The molecule has 0 radical (unpaired) electrons. The molecule has 30 heavy (non-hydrogen) atoms. The molecular weight excluding hydrogens is 390 g/mol. The van der Waals surface area contributed by atoms with Crippen molar-refractivity contribution < 1.29 is 28.7 Å². The van der Waals surface area contributed by atoms with Gasteiger partial charge in [-0.15, -0.1) is 0 Å². The number of carbonyl (C=O) groups is 3. The number of rotatable bonds is 6. The molecule has 1 heterocycles. The smallest absolute Gasteiger partial charge is 0.278 e. The van der Waals surface area contributed by atoms with E-state index in [1.807, 2.05) is 0 Å². The number of hydrogen-bond donors (Lipinski definition) is 3. The average Bonchev–Trinajstić information content (AvgIpc) is 3.22. The van der Waals surface area contributed by atoms with Crippen molar-refractivity contribution >= 4 is 17.7 Å². The van der Waals surface area contributed by atoms with E-state index in [1.165, 1.54) is 38.6 Å². The molecule has 0 aliphatic heterocycles. The average molecular weight is 413 g/mol. The molecule has 1 aromatic carbocycles. The molecule has 0 aliphatic carbocycles. The standard InChI is InChI=1S/C21H23N3O6/c1-21(19(26)22-2,20(27)23-28)24(3)18(25)15-8-5-14(6-9-15)7-10-16-11-12-17(30-16)13-29-4/h5-6,8-9,11-12,28H,13H2,1-4H3,(H,22,26)(H,23,27)/t21-/m0/s1. The van der Waals surface area contributed by atoms with Gasteiger partial charge in [0.05, 0.1) is 0 Å². The quantitative estimate of drug-likeness (QED) is 0.280. The molecule has 0 fully saturated rings. The van der Waals surface area contributed by atoms with Crippen molar-refractivity contribution in [1.82, 2.24) is 15.7 Å². The Bertz CT molecular complexity index is 968. The van der Waals surface area contributed by atoms with Crippen LogP contribution in [-0.2, 0) is 20.9 Å². The first kappa shape index (κ1) is 22.7. The summed E-state index contributed by atoms with van der Waals surface area (Å²) in [6.45, 7) is 1.59. The van der Waals surface area contributed by atoms with E-state index in [1.54, 1.807) is 31.4 Å². The second-order valence-corrected chi connectivity index (χ2v) is 6.48. The Morgan fingerprint density at radius 3 is 2.37 bits per heavy atom. The molecule has 1 aromatic heterocycles. The molecule has 0 saturated carbocycles. The van der Waals surface area contributed by atoms with Crippen LogP contribution in [-0.4, -0.2) is 54.6 Å². The summed E-state index contributed by atoms with van der Waals surface area (Å²) < 4.78 is 10.5. The number of methoxy groups -OCH3 is 1. The predicted octanol–water partition coefficient (Wildman–Crippen LogP) is 0.908. The Balaban J connectivity index is 2.20. The number of nitrogens with one attached hydrogen (secondary N) is 2. The Labute approximate surface area is 174 Å². The van der Waals surface area contributed by atoms with Crippen molar-refractivity contribution in [3.63, 3.8) is 0 Å². The minimum absolute atomic E-state index is 0.240. The summed E-state index contributed by atoms with van der Waals surface area (Å²) in [5, 5.41) is 11.3. The molecule has 2 aromatic rings. The Morgan fingerprint density at radius 2 is 1.80 bits per heavy atom. The van der Waals surface area contributed by atoms with Gasteiger partial charge in [0.1, 0.15) is 12.4 Å². The van der Waals surface area contributed by atoms with Gasteiger partial charge < -0.3 is 19.4 Å². The van der Waals surface area contributed by atoms with E-state index in [-0.39, 0.29) is 5.56 Å². The third kappa shape index (κ3) is 4.68. The van der Waals surface area contributed by atoms with Crippen LogP contribution in [0.1, 0.15) is 34.4 Å². The highest BCUT2D eigenvalue weighted by Gasteiger charge is 2.47. The summed E-state index contributed by atoms with van der Waals surface area (Å²) in [4.78, 5) is 38.1. The number of furan rings is 1. The molecule has 0 unspecified atom stereocenters. The van der Waals surface area contributed by atoms with Gasteiger partial charge in [-0.3, -0.25) is 19.6 Å². The Hall–Kier alpha value is -3.61. The molecule has 158 valence electrons. The number of amides is 3. The van der Waals surface area contributed by atoms with E-state index in [2.05, 4.69) is 17.2 Å². The number of carbonyl (C=O) groups excluding carboxylic acids is 3. The molecule has 0 saturated heterocycles. The molecule has 9 nitrogen and oxygen atoms in total. The van der Waals surface area contributed by atoms with Crippen LogP contribution in [0, 0.1) is 11.8 Å². The summed E-state index contributed by atoms with van der Waals surface area (Å²) in [6.07, 6.45) is 0. The van der Waals surface area contributed by atoms with Gasteiger partial charge in [0.2, 0.25) is 0 Å². The van der Waals surface area contributed by atoms with E-state index in [9.17, 15) is 14.4 Å². The van der Waals surface area contributed by atoms with E-state index in [4.69, 9.17) is 14.4 Å². The lowest BCUT2D eigenvalue weighted by Gasteiger charge is -2.34. The number of likely N-dealkylation sites (N-methyl/N-ethyl adjacent to an activating group) is 2. The highest BCUT2D eigenvalue weighted by molar-refractivity contribution is 6.12. The molecule has 0 spiro atoms. The first-order valence-corrected chi connectivity index (χ1v) is 8.92. The van der Waals surface area contributed by atoms with Crippen LogP contribution in [0.5, 0.6) is 0 Å². The third-order valence-corrected chi connectivity index (χ3v) is 4.60. The lowest BCUT2D eigenvalue weighted by atomic mass is 9.96. The number of ether oxygens (including phenoxy) is 1. The maximum absolute atomic E-state index is 12.8. The number of hydrogen-bond acceptors (Lipinski definition) is 6. The van der Waals surface area contributed by atoms with Gasteiger partial charge in [0.15, 0.2) is 11.3 Å². The van der Waals surface area contributed by atoms with Crippen molar-refractivity contribution in [1.29, 1.82) is 0 Å². The predicted molar refractivity (Wildman–Crippen MR) is 106 cm³/mol. The fourth-order valence-corrected chi connectivity index (χ4v) is 2.65. The molecule has 0 bridgehead atoms. The second-order valence-electron chi connectivity index (χ2n) is 6.48. The van der Waals surface area contributed by atoms with Gasteiger partial charge in [-0.2, -0.15) is 0 Å². The maximum Gasteiger partial charge on any atom is 0.278 e. The van der Waals surface area contributed by atoms with Crippen LogP contribution in [0.3, 0.4) is 0 Å². The van der Waals surface area contributed by atoms with Crippen molar-refractivity contribution in [2.75, 3.05) is 21.2 Å². The van der Waals surface area contributed by atoms with Gasteiger partial charge in [0, 0.05) is 32.3 Å². The van der Waals surface area contributed by atoms with Crippen molar-refractivity contribution in [2.24, 2.45) is 0 Å². The highest BCUT2D eigenvalue weighted by Crippen LogP contribution is 2.18. The molecule has 0 aliphatic rings. The second kappa shape index (κ2) is 9.73. The minimum atomic E-state index is -1.95. The van der Waals surface area contributed by atoms with E-state index in [0.29, 0.717) is 23.7 Å². The van der Waals surface area contributed by atoms with Gasteiger partial charge in [-0.1, -0.05) is 5.92 Å². The SMILES string of the molecule is CNC(=O)[C@@](C)(C(=O)NO)N(C)C(=O)c1ccc(C#Cc2ccc(COC)o2)cc1. The van der Waals surface area contributed by atoms with Crippen LogP contribution in [0.2, 0.25) is 0 Å². The van der Waals surface area contributed by atoms with Crippen molar-refractivity contribution in [2.45, 2.75) is 19.1 Å². The molecule has 9 heteroatoms.